The van der Waals surface area contributed by atoms with Crippen molar-refractivity contribution in [2.75, 3.05) is 55.1 Å². The first-order valence-corrected chi connectivity index (χ1v) is 12.0. The zero-order chi connectivity index (χ0) is 29.2. The van der Waals surface area contributed by atoms with E-state index in [2.05, 4.69) is 5.32 Å². The second kappa shape index (κ2) is 13.7. The molecule has 40 heavy (non-hydrogen) atoms. The minimum absolute atomic E-state index is 0.0462. The summed E-state index contributed by atoms with van der Waals surface area (Å²) >= 11 is 0. The standard InChI is InChI=1S/C30H33NO9/c1-34-24-17-21(31-11-10-22(32)20-15-27(37-4)30(40-7)28(16-20)38-5)19(14-23(24)33)9-8-18-12-25(35-2)29(39-6)26(13-18)36-3/h8-17,31,33H,1-7H3/b9-8-,11-10-. The Kier molecular flexibility index (Phi) is 10.1. The number of ether oxygens (including phenoxy) is 7. The van der Waals surface area contributed by atoms with Crippen molar-refractivity contribution in [3.63, 3.8) is 0 Å². The van der Waals surface area contributed by atoms with Gasteiger partial charge in [0.15, 0.2) is 40.3 Å². The normalized spacial score (nSPS) is 10.9. The number of hydrogen-bond donors (Lipinski definition) is 2. The predicted octanol–water partition coefficient (Wildman–Crippen LogP) is 5.43. The molecule has 0 heterocycles. The summed E-state index contributed by atoms with van der Waals surface area (Å²) in [7, 11) is 10.5. The highest BCUT2D eigenvalue weighted by Gasteiger charge is 2.16. The summed E-state index contributed by atoms with van der Waals surface area (Å²) in [4.78, 5) is 12.9. The molecular weight excluding hydrogens is 518 g/mol. The fraction of sp³-hybridized carbons (Fsp3) is 0.233. The molecule has 0 spiro atoms. The maximum absolute atomic E-state index is 12.9. The molecule has 0 saturated carbocycles. The number of ketones is 1. The molecule has 3 aromatic rings. The molecule has 0 aliphatic rings. The summed E-state index contributed by atoms with van der Waals surface area (Å²) in [6.45, 7) is 0. The van der Waals surface area contributed by atoms with E-state index in [0.29, 0.717) is 51.3 Å². The van der Waals surface area contributed by atoms with Crippen molar-refractivity contribution < 1.29 is 43.1 Å². The van der Waals surface area contributed by atoms with E-state index in [1.165, 1.54) is 47.8 Å². The summed E-state index contributed by atoms with van der Waals surface area (Å²) < 4.78 is 37.5. The monoisotopic (exact) mass is 551 g/mol. The van der Waals surface area contributed by atoms with Crippen LogP contribution in [0.3, 0.4) is 0 Å². The topological polar surface area (TPSA) is 114 Å². The Morgan fingerprint density at radius 3 is 1.62 bits per heavy atom. The van der Waals surface area contributed by atoms with Crippen molar-refractivity contribution in [2.24, 2.45) is 0 Å². The van der Waals surface area contributed by atoms with Crippen molar-refractivity contribution in [1.29, 1.82) is 0 Å². The van der Waals surface area contributed by atoms with E-state index in [1.807, 2.05) is 6.08 Å². The quantitative estimate of drug-likeness (QED) is 0.123. The minimum atomic E-state index is -0.299. The van der Waals surface area contributed by atoms with Gasteiger partial charge < -0.3 is 43.6 Å². The van der Waals surface area contributed by atoms with E-state index in [4.69, 9.17) is 33.2 Å². The highest BCUT2D eigenvalue weighted by atomic mass is 16.5. The van der Waals surface area contributed by atoms with Gasteiger partial charge in [0.1, 0.15) is 0 Å². The Labute approximate surface area is 233 Å². The van der Waals surface area contributed by atoms with Crippen molar-refractivity contribution in [3.05, 3.63) is 65.4 Å². The van der Waals surface area contributed by atoms with Crippen LogP contribution >= 0.6 is 0 Å². The number of phenolic OH excluding ortho intramolecular Hbond substituents is 1. The molecule has 0 saturated heterocycles. The number of rotatable bonds is 13. The molecule has 0 aliphatic carbocycles. The Morgan fingerprint density at radius 1 is 0.650 bits per heavy atom. The summed E-state index contributed by atoms with van der Waals surface area (Å²) in [6, 6.07) is 9.91. The lowest BCUT2D eigenvalue weighted by atomic mass is 10.1. The average Bonchev–Trinajstić information content (AvgIpc) is 2.98. The SMILES string of the molecule is COc1cc(N/C=C\C(=O)c2cc(OC)c(OC)c(OC)c2)c(/C=C\c2cc(OC)c(OC)c(OC)c2)cc1O. The molecule has 0 radical (unpaired) electrons. The maximum Gasteiger partial charge on any atom is 0.203 e. The third kappa shape index (κ3) is 6.52. The van der Waals surface area contributed by atoms with Gasteiger partial charge in [-0.05, 0) is 35.9 Å². The van der Waals surface area contributed by atoms with Crippen LogP contribution in [0.4, 0.5) is 5.69 Å². The van der Waals surface area contributed by atoms with Crippen LogP contribution in [0.2, 0.25) is 0 Å². The number of anilines is 1. The number of carbonyl (C=O) groups is 1. The van der Waals surface area contributed by atoms with E-state index in [-0.39, 0.29) is 17.3 Å². The van der Waals surface area contributed by atoms with Crippen LogP contribution in [0, 0.1) is 0 Å². The van der Waals surface area contributed by atoms with Gasteiger partial charge in [0.2, 0.25) is 11.5 Å². The molecule has 0 amide bonds. The fourth-order valence-corrected chi connectivity index (χ4v) is 3.92. The van der Waals surface area contributed by atoms with Gasteiger partial charge in [-0.2, -0.15) is 0 Å². The molecule has 10 heteroatoms. The average molecular weight is 552 g/mol. The second-order valence-corrected chi connectivity index (χ2v) is 8.16. The van der Waals surface area contributed by atoms with Crippen LogP contribution in [0.5, 0.6) is 46.0 Å². The lowest BCUT2D eigenvalue weighted by Crippen LogP contribution is -2.01. The van der Waals surface area contributed by atoms with Gasteiger partial charge in [-0.3, -0.25) is 4.79 Å². The van der Waals surface area contributed by atoms with Crippen molar-refractivity contribution >= 4 is 23.6 Å². The number of phenols is 1. The van der Waals surface area contributed by atoms with Crippen LogP contribution in [-0.2, 0) is 0 Å². The van der Waals surface area contributed by atoms with Crippen molar-refractivity contribution in [3.8, 4) is 46.0 Å². The number of benzene rings is 3. The highest BCUT2D eigenvalue weighted by Crippen LogP contribution is 2.40. The molecule has 10 nitrogen and oxygen atoms in total. The first-order chi connectivity index (χ1) is 19.3. The van der Waals surface area contributed by atoms with E-state index in [0.717, 1.165) is 5.56 Å². The third-order valence-electron chi connectivity index (χ3n) is 5.92. The zero-order valence-electron chi connectivity index (χ0n) is 23.5. The number of methoxy groups -OCH3 is 7. The number of hydrogen-bond acceptors (Lipinski definition) is 10. The van der Waals surface area contributed by atoms with Gasteiger partial charge in [-0.15, -0.1) is 0 Å². The van der Waals surface area contributed by atoms with E-state index in [1.54, 1.807) is 56.7 Å². The van der Waals surface area contributed by atoms with Gasteiger partial charge in [-0.1, -0.05) is 12.2 Å². The lowest BCUT2D eigenvalue weighted by molar-refractivity contribution is 0.104. The van der Waals surface area contributed by atoms with Crippen LogP contribution < -0.4 is 38.5 Å². The third-order valence-corrected chi connectivity index (χ3v) is 5.92. The van der Waals surface area contributed by atoms with Crippen LogP contribution in [-0.4, -0.2) is 60.7 Å². The van der Waals surface area contributed by atoms with Crippen molar-refractivity contribution in [2.45, 2.75) is 0 Å². The van der Waals surface area contributed by atoms with Gasteiger partial charge in [0.05, 0.1) is 49.8 Å². The number of nitrogens with one attached hydrogen (secondary N) is 1. The maximum atomic E-state index is 12.9. The molecule has 0 fully saturated rings. The highest BCUT2D eigenvalue weighted by molar-refractivity contribution is 6.05. The van der Waals surface area contributed by atoms with E-state index >= 15 is 0 Å². The first kappa shape index (κ1) is 29.6. The largest absolute Gasteiger partial charge is 0.504 e. The Bertz CT molecular complexity index is 1360. The summed E-state index contributed by atoms with van der Waals surface area (Å²) in [6.07, 6.45) is 6.47. The Balaban J connectivity index is 1.92. The molecule has 3 rings (SSSR count). The van der Waals surface area contributed by atoms with Crippen LogP contribution in [0.25, 0.3) is 12.2 Å². The molecule has 0 aliphatic heterocycles. The summed E-state index contributed by atoms with van der Waals surface area (Å²) in [5, 5.41) is 13.5. The van der Waals surface area contributed by atoms with Gasteiger partial charge in [0, 0.05) is 35.2 Å². The Hall–Kier alpha value is -4.99. The lowest BCUT2D eigenvalue weighted by Gasteiger charge is -2.13. The van der Waals surface area contributed by atoms with Crippen LogP contribution in [0.1, 0.15) is 21.5 Å². The smallest absolute Gasteiger partial charge is 0.203 e. The minimum Gasteiger partial charge on any atom is -0.504 e. The molecule has 0 atom stereocenters. The molecule has 212 valence electrons. The molecule has 0 aromatic heterocycles. The predicted molar refractivity (Wildman–Crippen MR) is 153 cm³/mol. The molecule has 0 bridgehead atoms. The summed E-state index contributed by atoms with van der Waals surface area (Å²) in [5.41, 5.74) is 2.31. The first-order valence-electron chi connectivity index (χ1n) is 12.0. The van der Waals surface area contributed by atoms with Crippen LogP contribution in [0.15, 0.2) is 48.7 Å². The molecule has 2 N–H and O–H groups in total. The van der Waals surface area contributed by atoms with Gasteiger partial charge >= 0.3 is 0 Å². The van der Waals surface area contributed by atoms with E-state index < -0.39 is 0 Å². The number of allylic oxidation sites excluding steroid dienone is 1. The van der Waals surface area contributed by atoms with Gasteiger partial charge in [-0.25, -0.2) is 0 Å². The summed E-state index contributed by atoms with van der Waals surface area (Å²) in [5.74, 6) is 2.54. The fourth-order valence-electron chi connectivity index (χ4n) is 3.92. The molecule has 0 unspecified atom stereocenters. The molecule has 3 aromatic carbocycles. The second-order valence-electron chi connectivity index (χ2n) is 8.16. The molecular formula is C30H33NO9. The van der Waals surface area contributed by atoms with E-state index in [9.17, 15) is 9.90 Å². The van der Waals surface area contributed by atoms with Gasteiger partial charge in [0.25, 0.3) is 0 Å². The van der Waals surface area contributed by atoms with Crippen molar-refractivity contribution in [1.82, 2.24) is 0 Å². The Morgan fingerprint density at radius 2 is 1.15 bits per heavy atom. The number of aromatic hydroxyl groups is 1. The zero-order valence-corrected chi connectivity index (χ0v) is 23.5. The number of carbonyl (C=O) groups excluding carboxylic acids is 1.